The van der Waals surface area contributed by atoms with Gasteiger partial charge >= 0.3 is 0 Å². The molecular formula is C35H52N6Si3. The standard InChI is InChI=1S/C35H52N6Si3/c1-29(36-39(42(2,3)4)30-21-14-11-15-22-30)35-33(37-40(43(5,6)7)31-23-16-12-17-24-31)27-20-28-34(35)38-41(44(8,9)10)32-25-18-13-19-26-32/h11-19,21-26,35H,20,27-28H2,1-10H3. The van der Waals surface area contributed by atoms with Crippen molar-refractivity contribution < 1.29 is 0 Å². The predicted molar refractivity (Wildman–Crippen MR) is 202 cm³/mol. The Labute approximate surface area is 269 Å². The van der Waals surface area contributed by atoms with Crippen molar-refractivity contribution in [2.75, 3.05) is 14.0 Å². The summed E-state index contributed by atoms with van der Waals surface area (Å²) >= 11 is 0. The van der Waals surface area contributed by atoms with E-state index in [2.05, 4.69) is 171 Å². The zero-order valence-corrected chi connectivity index (χ0v) is 31.5. The van der Waals surface area contributed by atoms with Gasteiger partial charge in [0.2, 0.25) is 0 Å². The Kier molecular flexibility index (Phi) is 10.5. The van der Waals surface area contributed by atoms with Crippen molar-refractivity contribution in [3.8, 4) is 0 Å². The Bertz CT molecular complexity index is 1380. The first-order chi connectivity index (χ1) is 20.7. The number of para-hydroxylation sites is 3. The second kappa shape index (κ2) is 13.8. The first-order valence-corrected chi connectivity index (χ1v) is 26.3. The summed E-state index contributed by atoms with van der Waals surface area (Å²) in [6, 6.07) is 31.9. The molecule has 234 valence electrons. The fraction of sp³-hybridized carbons (Fsp3) is 0.400. The highest BCUT2D eigenvalue weighted by Crippen LogP contribution is 2.31. The van der Waals surface area contributed by atoms with Gasteiger partial charge < -0.3 is 0 Å². The predicted octanol–water partition coefficient (Wildman–Crippen LogP) is 9.90. The lowest BCUT2D eigenvalue weighted by Gasteiger charge is -2.38. The molecule has 9 heteroatoms. The Hall–Kier alpha value is -3.28. The number of hydrazone groups is 3. The molecule has 1 aliphatic carbocycles. The number of anilines is 3. The molecule has 0 aromatic heterocycles. The largest absolute Gasteiger partial charge is 0.295 e. The van der Waals surface area contributed by atoms with Crippen molar-refractivity contribution in [1.29, 1.82) is 0 Å². The SMILES string of the molecule is CC(=NN(c1ccccc1)[Si](C)(C)C)C1C(=NN(c2ccccc2)[Si](C)(C)C)CCCC1=NN(c1ccccc1)[Si](C)(C)C. The highest BCUT2D eigenvalue weighted by atomic mass is 28.3. The van der Waals surface area contributed by atoms with Gasteiger partial charge in [-0.2, -0.15) is 15.3 Å². The van der Waals surface area contributed by atoms with Crippen LogP contribution in [0.1, 0.15) is 26.2 Å². The molecule has 0 heterocycles. The van der Waals surface area contributed by atoms with Crippen LogP contribution >= 0.6 is 0 Å². The Morgan fingerprint density at radius 1 is 0.523 bits per heavy atom. The molecule has 3 aromatic carbocycles. The van der Waals surface area contributed by atoms with Gasteiger partial charge in [0.05, 0.1) is 17.3 Å². The quantitative estimate of drug-likeness (QED) is 0.126. The van der Waals surface area contributed by atoms with Crippen LogP contribution in [0.5, 0.6) is 0 Å². The van der Waals surface area contributed by atoms with E-state index >= 15 is 0 Å². The topological polar surface area (TPSA) is 46.8 Å². The summed E-state index contributed by atoms with van der Waals surface area (Å²) < 4.78 is 6.95. The molecule has 6 nitrogen and oxygen atoms in total. The molecule has 44 heavy (non-hydrogen) atoms. The summed E-state index contributed by atoms with van der Waals surface area (Å²) in [5, 5.41) is 16.6. The maximum absolute atomic E-state index is 5.55. The Morgan fingerprint density at radius 3 is 1.16 bits per heavy atom. The van der Waals surface area contributed by atoms with Gasteiger partial charge in [0.1, 0.15) is 0 Å². The Balaban J connectivity index is 1.93. The second-order valence-electron chi connectivity index (χ2n) is 14.7. The van der Waals surface area contributed by atoms with Gasteiger partial charge in [0.25, 0.3) is 0 Å². The van der Waals surface area contributed by atoms with Crippen molar-refractivity contribution in [3.05, 3.63) is 91.0 Å². The van der Waals surface area contributed by atoms with Gasteiger partial charge in [-0.1, -0.05) is 54.6 Å². The van der Waals surface area contributed by atoms with Crippen molar-refractivity contribution in [2.45, 2.75) is 85.1 Å². The minimum absolute atomic E-state index is 0.0727. The number of nitrogens with zero attached hydrogens (tertiary/aromatic N) is 6. The van der Waals surface area contributed by atoms with E-state index in [0.717, 1.165) is 53.5 Å². The third kappa shape index (κ3) is 8.46. The smallest absolute Gasteiger partial charge is 0.176 e. The van der Waals surface area contributed by atoms with E-state index in [-0.39, 0.29) is 5.92 Å². The lowest BCUT2D eigenvalue weighted by Crippen LogP contribution is -2.48. The number of benzene rings is 3. The van der Waals surface area contributed by atoms with Crippen molar-refractivity contribution in [1.82, 2.24) is 0 Å². The van der Waals surface area contributed by atoms with Crippen LogP contribution in [0.2, 0.25) is 58.9 Å². The number of hydrogen-bond acceptors (Lipinski definition) is 6. The molecule has 0 spiro atoms. The average molecular weight is 641 g/mol. The second-order valence-corrected chi connectivity index (χ2v) is 29.0. The molecule has 0 N–H and O–H groups in total. The number of hydrogen-bond donors (Lipinski definition) is 0. The van der Waals surface area contributed by atoms with Crippen molar-refractivity contribution in [3.63, 3.8) is 0 Å². The lowest BCUT2D eigenvalue weighted by atomic mass is 9.82. The third-order valence-electron chi connectivity index (χ3n) is 7.57. The van der Waals surface area contributed by atoms with Gasteiger partial charge in [0, 0.05) is 22.8 Å². The summed E-state index contributed by atoms with van der Waals surface area (Å²) in [5.41, 5.74) is 6.82. The van der Waals surface area contributed by atoms with Gasteiger partial charge in [-0.3, -0.25) is 14.0 Å². The minimum atomic E-state index is -1.87. The summed E-state index contributed by atoms with van der Waals surface area (Å²) in [6.45, 7) is 23.4. The molecule has 0 amide bonds. The first-order valence-electron chi connectivity index (χ1n) is 15.9. The maximum atomic E-state index is 5.55. The van der Waals surface area contributed by atoms with Crippen LogP contribution in [0.15, 0.2) is 106 Å². The molecule has 4 rings (SSSR count). The molecule has 0 unspecified atom stereocenters. The van der Waals surface area contributed by atoms with Crippen LogP contribution in [0.3, 0.4) is 0 Å². The Morgan fingerprint density at radius 2 is 0.841 bits per heavy atom. The molecule has 3 aromatic rings. The van der Waals surface area contributed by atoms with Gasteiger partial charge in [-0.05, 0) is 122 Å². The zero-order chi connectivity index (χ0) is 32.1. The summed E-state index contributed by atoms with van der Waals surface area (Å²) in [6.07, 6.45) is 2.89. The normalized spacial score (nSPS) is 18.4. The maximum Gasteiger partial charge on any atom is 0.176 e. The van der Waals surface area contributed by atoms with Gasteiger partial charge in [0.15, 0.2) is 24.7 Å². The summed E-state index contributed by atoms with van der Waals surface area (Å²) in [7, 11) is -5.60. The van der Waals surface area contributed by atoms with E-state index in [1.54, 1.807) is 0 Å². The van der Waals surface area contributed by atoms with Gasteiger partial charge in [-0.25, -0.2) is 0 Å². The molecule has 0 bridgehead atoms. The van der Waals surface area contributed by atoms with E-state index < -0.39 is 24.7 Å². The summed E-state index contributed by atoms with van der Waals surface area (Å²) in [5.74, 6) is -0.0727. The van der Waals surface area contributed by atoms with Crippen molar-refractivity contribution >= 4 is 58.9 Å². The van der Waals surface area contributed by atoms with E-state index in [9.17, 15) is 0 Å². The molecule has 0 radical (unpaired) electrons. The van der Waals surface area contributed by atoms with Crippen LogP contribution in [-0.2, 0) is 0 Å². The zero-order valence-electron chi connectivity index (χ0n) is 28.5. The lowest BCUT2D eigenvalue weighted by molar-refractivity contribution is 0.823. The molecular weight excluding hydrogens is 589 g/mol. The monoisotopic (exact) mass is 640 g/mol. The fourth-order valence-corrected chi connectivity index (χ4v) is 9.68. The van der Waals surface area contributed by atoms with Gasteiger partial charge in [-0.15, -0.1) is 0 Å². The third-order valence-corrected chi connectivity index (χ3v) is 12.5. The molecule has 1 aliphatic rings. The van der Waals surface area contributed by atoms with E-state index in [0.29, 0.717) is 0 Å². The molecule has 1 saturated carbocycles. The van der Waals surface area contributed by atoms with Crippen LogP contribution < -0.4 is 14.0 Å². The van der Waals surface area contributed by atoms with Crippen LogP contribution in [-0.4, -0.2) is 41.8 Å². The average Bonchev–Trinajstić information content (AvgIpc) is 2.97. The molecule has 0 aliphatic heterocycles. The molecule has 1 fully saturated rings. The number of rotatable bonds is 10. The van der Waals surface area contributed by atoms with Crippen LogP contribution in [0.25, 0.3) is 0 Å². The van der Waals surface area contributed by atoms with E-state index in [1.807, 2.05) is 0 Å². The summed E-state index contributed by atoms with van der Waals surface area (Å²) in [4.78, 5) is 0. The minimum Gasteiger partial charge on any atom is -0.295 e. The van der Waals surface area contributed by atoms with Crippen LogP contribution in [0, 0.1) is 5.92 Å². The van der Waals surface area contributed by atoms with Crippen LogP contribution in [0.4, 0.5) is 17.1 Å². The molecule has 0 saturated heterocycles. The highest BCUT2D eigenvalue weighted by Gasteiger charge is 2.36. The van der Waals surface area contributed by atoms with E-state index in [4.69, 9.17) is 15.3 Å². The fourth-order valence-electron chi connectivity index (χ4n) is 5.59. The van der Waals surface area contributed by atoms with Crippen molar-refractivity contribution in [2.24, 2.45) is 21.2 Å². The first kappa shape index (κ1) is 33.6. The highest BCUT2D eigenvalue weighted by molar-refractivity contribution is 6.80. The van der Waals surface area contributed by atoms with E-state index in [1.165, 1.54) is 0 Å². The molecule has 0 atom stereocenters.